The van der Waals surface area contributed by atoms with Gasteiger partial charge in [0.15, 0.2) is 0 Å². The number of carbonyl (C=O) groups excluding carboxylic acids is 1. The van der Waals surface area contributed by atoms with Gasteiger partial charge in [-0.15, -0.1) is 6.42 Å². The van der Waals surface area contributed by atoms with Crippen LogP contribution >= 0.6 is 0 Å². The minimum absolute atomic E-state index is 0.172. The largest absolute Gasteiger partial charge is 0.497 e. The Hall–Kier alpha value is -3.39. The van der Waals surface area contributed by atoms with Crippen molar-refractivity contribution in [1.82, 2.24) is 5.32 Å². The predicted octanol–water partition coefficient (Wildman–Crippen LogP) is 3.09. The van der Waals surface area contributed by atoms with Crippen molar-refractivity contribution >= 4 is 12.0 Å². The van der Waals surface area contributed by atoms with Gasteiger partial charge < -0.3 is 19.5 Å². The Kier molecular flexibility index (Phi) is 7.80. The van der Waals surface area contributed by atoms with Gasteiger partial charge in [0.05, 0.1) is 14.2 Å². The number of hydrogen-bond donors (Lipinski definition) is 1. The highest BCUT2D eigenvalue weighted by atomic mass is 16.5. The first-order valence-electron chi connectivity index (χ1n) is 8.49. The molecule has 2 rings (SSSR count). The van der Waals surface area contributed by atoms with Crippen LogP contribution in [0.25, 0.3) is 6.08 Å². The molecule has 2 aromatic carbocycles. The first kappa shape index (κ1) is 19.9. The molecule has 5 heteroatoms. The first-order chi connectivity index (χ1) is 13.2. The molecule has 0 spiro atoms. The van der Waals surface area contributed by atoms with Crippen molar-refractivity contribution < 1.29 is 19.0 Å². The molecule has 0 heterocycles. The van der Waals surface area contributed by atoms with Crippen LogP contribution in [0.3, 0.4) is 0 Å². The zero-order valence-corrected chi connectivity index (χ0v) is 15.5. The number of carbonyl (C=O) groups is 1. The van der Waals surface area contributed by atoms with E-state index in [-0.39, 0.29) is 12.5 Å². The Bertz CT molecular complexity index is 819. The van der Waals surface area contributed by atoms with Crippen molar-refractivity contribution in [2.24, 2.45) is 0 Å². The van der Waals surface area contributed by atoms with E-state index in [1.807, 2.05) is 30.3 Å². The van der Waals surface area contributed by atoms with Gasteiger partial charge in [0, 0.05) is 18.2 Å². The second-order valence-electron chi connectivity index (χ2n) is 5.62. The molecule has 5 nitrogen and oxygen atoms in total. The fourth-order valence-electron chi connectivity index (χ4n) is 2.40. The van der Waals surface area contributed by atoms with Gasteiger partial charge in [-0.2, -0.15) is 0 Å². The summed E-state index contributed by atoms with van der Waals surface area (Å²) < 4.78 is 15.8. The lowest BCUT2D eigenvalue weighted by atomic mass is 10.1. The summed E-state index contributed by atoms with van der Waals surface area (Å²) in [6, 6.07) is 13.1. The summed E-state index contributed by atoms with van der Waals surface area (Å²) >= 11 is 0. The van der Waals surface area contributed by atoms with Crippen molar-refractivity contribution in [1.29, 1.82) is 0 Å². The Morgan fingerprint density at radius 1 is 1.11 bits per heavy atom. The van der Waals surface area contributed by atoms with Crippen LogP contribution in [0, 0.1) is 12.3 Å². The number of rotatable bonds is 9. The average molecular weight is 365 g/mol. The van der Waals surface area contributed by atoms with Crippen LogP contribution in [-0.4, -0.2) is 33.3 Å². The number of benzene rings is 2. The molecule has 0 saturated heterocycles. The minimum atomic E-state index is -0.172. The van der Waals surface area contributed by atoms with Crippen molar-refractivity contribution in [2.45, 2.75) is 6.42 Å². The second-order valence-corrected chi connectivity index (χ2v) is 5.62. The highest BCUT2D eigenvalue weighted by molar-refractivity contribution is 5.92. The van der Waals surface area contributed by atoms with E-state index in [1.54, 1.807) is 32.4 Å². The molecule has 27 heavy (non-hydrogen) atoms. The maximum atomic E-state index is 12.0. The van der Waals surface area contributed by atoms with E-state index in [9.17, 15) is 4.79 Å². The SMILES string of the molecule is C#CCOc1ccc(CCNC(=O)/C=C/c2cc(OC)ccc2OC)cc1. The standard InChI is InChI=1S/C22H23NO4/c1-4-15-27-19-8-5-17(6-9-19)13-14-23-22(24)12-7-18-16-20(25-2)10-11-21(18)26-3/h1,5-12,16H,13-15H2,2-3H3,(H,23,24)/b12-7+. The summed E-state index contributed by atoms with van der Waals surface area (Å²) in [5, 5.41) is 2.86. The highest BCUT2D eigenvalue weighted by Gasteiger charge is 2.03. The Labute approximate surface area is 159 Å². The number of terminal acetylenes is 1. The van der Waals surface area contributed by atoms with Crippen LogP contribution in [0.15, 0.2) is 48.5 Å². The van der Waals surface area contributed by atoms with Crippen LogP contribution in [0.2, 0.25) is 0 Å². The fourth-order valence-corrected chi connectivity index (χ4v) is 2.40. The first-order valence-corrected chi connectivity index (χ1v) is 8.49. The molecule has 0 saturated carbocycles. The number of ether oxygens (including phenoxy) is 3. The lowest BCUT2D eigenvalue weighted by Crippen LogP contribution is -2.23. The van der Waals surface area contributed by atoms with Crippen LogP contribution in [0.4, 0.5) is 0 Å². The molecule has 140 valence electrons. The molecule has 0 fully saturated rings. The third kappa shape index (κ3) is 6.44. The summed E-state index contributed by atoms with van der Waals surface area (Å²) in [5.74, 6) is 4.36. The lowest BCUT2D eigenvalue weighted by molar-refractivity contribution is -0.116. The zero-order valence-electron chi connectivity index (χ0n) is 15.5. The van der Waals surface area contributed by atoms with Crippen LogP contribution in [0.1, 0.15) is 11.1 Å². The van der Waals surface area contributed by atoms with Crippen molar-refractivity contribution in [3.8, 4) is 29.6 Å². The van der Waals surface area contributed by atoms with Gasteiger partial charge in [0.2, 0.25) is 5.91 Å². The third-order valence-electron chi connectivity index (χ3n) is 3.81. The monoisotopic (exact) mass is 365 g/mol. The molecule has 0 unspecified atom stereocenters. The van der Waals surface area contributed by atoms with E-state index in [4.69, 9.17) is 20.6 Å². The molecule has 0 aromatic heterocycles. The molecule has 1 N–H and O–H groups in total. The number of amides is 1. The van der Waals surface area contributed by atoms with Gasteiger partial charge in [-0.1, -0.05) is 18.1 Å². The smallest absolute Gasteiger partial charge is 0.244 e. The summed E-state index contributed by atoms with van der Waals surface area (Å²) in [6.07, 6.45) is 9.06. The molecule has 0 atom stereocenters. The number of methoxy groups -OCH3 is 2. The van der Waals surface area contributed by atoms with E-state index < -0.39 is 0 Å². The van der Waals surface area contributed by atoms with Gasteiger partial charge in [0.25, 0.3) is 0 Å². The van der Waals surface area contributed by atoms with E-state index in [1.165, 1.54) is 6.08 Å². The fraction of sp³-hybridized carbons (Fsp3) is 0.227. The summed E-state index contributed by atoms with van der Waals surface area (Å²) in [5.41, 5.74) is 1.87. The number of hydrogen-bond acceptors (Lipinski definition) is 4. The summed E-state index contributed by atoms with van der Waals surface area (Å²) in [7, 11) is 3.18. The quantitative estimate of drug-likeness (QED) is 0.548. The molecule has 0 bridgehead atoms. The van der Waals surface area contributed by atoms with E-state index >= 15 is 0 Å². The van der Waals surface area contributed by atoms with E-state index in [2.05, 4.69) is 11.2 Å². The molecule has 0 aliphatic heterocycles. The lowest BCUT2D eigenvalue weighted by Gasteiger charge is -2.07. The molecular formula is C22H23NO4. The van der Waals surface area contributed by atoms with Gasteiger partial charge in [-0.3, -0.25) is 4.79 Å². The average Bonchev–Trinajstić information content (AvgIpc) is 2.71. The number of nitrogens with one attached hydrogen (secondary N) is 1. The van der Waals surface area contributed by atoms with Gasteiger partial charge >= 0.3 is 0 Å². The van der Waals surface area contributed by atoms with Gasteiger partial charge in [-0.25, -0.2) is 0 Å². The molecular weight excluding hydrogens is 342 g/mol. The Morgan fingerprint density at radius 2 is 1.85 bits per heavy atom. The zero-order chi connectivity index (χ0) is 19.5. The molecule has 0 aliphatic carbocycles. The Balaban J connectivity index is 1.84. The maximum absolute atomic E-state index is 12.0. The van der Waals surface area contributed by atoms with E-state index in [0.717, 1.165) is 23.3 Å². The molecule has 1 amide bonds. The normalized spacial score (nSPS) is 10.3. The minimum Gasteiger partial charge on any atom is -0.497 e. The third-order valence-corrected chi connectivity index (χ3v) is 3.81. The molecule has 0 radical (unpaired) electrons. The van der Waals surface area contributed by atoms with Crippen LogP contribution in [0.5, 0.6) is 17.2 Å². The van der Waals surface area contributed by atoms with Crippen molar-refractivity contribution in [3.05, 3.63) is 59.7 Å². The molecule has 0 aliphatic rings. The Morgan fingerprint density at radius 3 is 2.52 bits per heavy atom. The second kappa shape index (κ2) is 10.6. The summed E-state index contributed by atoms with van der Waals surface area (Å²) in [6.45, 7) is 0.781. The van der Waals surface area contributed by atoms with Gasteiger partial charge in [0.1, 0.15) is 23.9 Å². The topological polar surface area (TPSA) is 56.8 Å². The van der Waals surface area contributed by atoms with Gasteiger partial charge in [-0.05, 0) is 48.4 Å². The van der Waals surface area contributed by atoms with Crippen molar-refractivity contribution in [3.63, 3.8) is 0 Å². The predicted molar refractivity (Wildman–Crippen MR) is 106 cm³/mol. The molecule has 2 aromatic rings. The summed E-state index contributed by atoms with van der Waals surface area (Å²) in [4.78, 5) is 12.0. The highest BCUT2D eigenvalue weighted by Crippen LogP contribution is 2.24. The van der Waals surface area contributed by atoms with E-state index in [0.29, 0.717) is 18.0 Å². The maximum Gasteiger partial charge on any atom is 0.244 e. The van der Waals surface area contributed by atoms with Crippen LogP contribution < -0.4 is 19.5 Å². The van der Waals surface area contributed by atoms with Crippen molar-refractivity contribution in [2.75, 3.05) is 27.4 Å². The van der Waals surface area contributed by atoms with Crippen LogP contribution in [-0.2, 0) is 11.2 Å².